The van der Waals surface area contributed by atoms with Crippen molar-refractivity contribution in [3.63, 3.8) is 0 Å². The molecule has 4 rings (SSSR count). The third kappa shape index (κ3) is 4.90. The standard InChI is InChI=1S/C22H18ClFN3O2.ClH/c23-16-5-1-13(2-6-16)15-9-10-25-18(11-15)12-19-20(27-22(29)26-19)21(28)14-3-7-17(24)8-4-14;/h1-9,18,25H,10-12H2,(H,27,29);1H. The number of halogens is 3. The Hall–Kier alpha value is -2.67. The van der Waals surface area contributed by atoms with Crippen molar-refractivity contribution in [2.24, 2.45) is 0 Å². The normalized spacial score (nSPS) is 18.3. The predicted octanol–water partition coefficient (Wildman–Crippen LogP) is 4.46. The van der Waals surface area contributed by atoms with Crippen LogP contribution in [0.1, 0.15) is 28.8 Å². The molecule has 30 heavy (non-hydrogen) atoms. The minimum absolute atomic E-state index is 0. The van der Waals surface area contributed by atoms with Crippen molar-refractivity contribution in [1.82, 2.24) is 16.0 Å². The van der Waals surface area contributed by atoms with E-state index in [9.17, 15) is 14.0 Å². The fourth-order valence-corrected chi connectivity index (χ4v) is 3.64. The van der Waals surface area contributed by atoms with Gasteiger partial charge in [0.05, 0.1) is 5.70 Å². The van der Waals surface area contributed by atoms with E-state index in [2.05, 4.69) is 22.0 Å². The summed E-state index contributed by atoms with van der Waals surface area (Å²) in [7, 11) is 0. The lowest BCUT2D eigenvalue weighted by molar-refractivity contribution is 0.102. The number of carbonyl (C=O) groups is 2. The van der Waals surface area contributed by atoms with Gasteiger partial charge in [-0.2, -0.15) is 5.32 Å². The van der Waals surface area contributed by atoms with Gasteiger partial charge in [0, 0.05) is 29.6 Å². The maximum Gasteiger partial charge on any atom is 0.345 e. The molecule has 0 fully saturated rings. The van der Waals surface area contributed by atoms with Crippen LogP contribution in [0.4, 0.5) is 9.18 Å². The minimum Gasteiger partial charge on any atom is -0.310 e. The molecule has 0 aromatic heterocycles. The van der Waals surface area contributed by atoms with E-state index >= 15 is 0 Å². The van der Waals surface area contributed by atoms with Crippen molar-refractivity contribution in [1.29, 1.82) is 0 Å². The van der Waals surface area contributed by atoms with Crippen LogP contribution in [0, 0.1) is 5.82 Å². The van der Waals surface area contributed by atoms with Crippen LogP contribution in [-0.4, -0.2) is 24.4 Å². The van der Waals surface area contributed by atoms with Gasteiger partial charge in [-0.25, -0.2) is 9.18 Å². The Bertz CT molecular complexity index is 1020. The Morgan fingerprint density at radius 1 is 1.13 bits per heavy atom. The number of ketones is 1. The molecule has 2 aromatic rings. The maximum atomic E-state index is 13.1. The van der Waals surface area contributed by atoms with Gasteiger partial charge in [-0.3, -0.25) is 4.79 Å². The largest absolute Gasteiger partial charge is 0.345 e. The van der Waals surface area contributed by atoms with E-state index in [4.69, 9.17) is 11.6 Å². The molecule has 0 bridgehead atoms. The first-order valence-electron chi connectivity index (χ1n) is 9.24. The summed E-state index contributed by atoms with van der Waals surface area (Å²) >= 11 is 5.97. The van der Waals surface area contributed by atoms with Crippen LogP contribution in [0.3, 0.4) is 0 Å². The highest BCUT2D eigenvalue weighted by Crippen LogP contribution is 2.27. The molecule has 0 spiro atoms. The Balaban J connectivity index is 0.00000256. The zero-order chi connectivity index (χ0) is 20.4. The lowest BCUT2D eigenvalue weighted by atomic mass is 9.92. The third-order valence-electron chi connectivity index (χ3n) is 4.97. The van der Waals surface area contributed by atoms with Crippen molar-refractivity contribution >= 4 is 41.4 Å². The number of benzene rings is 2. The summed E-state index contributed by atoms with van der Waals surface area (Å²) < 4.78 is 13.1. The van der Waals surface area contributed by atoms with E-state index in [0.29, 0.717) is 29.2 Å². The van der Waals surface area contributed by atoms with E-state index in [0.717, 1.165) is 12.0 Å². The van der Waals surface area contributed by atoms with Gasteiger partial charge < -0.3 is 10.6 Å². The monoisotopic (exact) mass is 446 g/mol. The average Bonchev–Trinajstić information content (AvgIpc) is 3.09. The first-order valence-corrected chi connectivity index (χ1v) is 9.62. The highest BCUT2D eigenvalue weighted by Gasteiger charge is 2.30. The molecule has 2 aliphatic heterocycles. The van der Waals surface area contributed by atoms with Crippen LogP contribution < -0.4 is 16.0 Å². The van der Waals surface area contributed by atoms with Crippen molar-refractivity contribution < 1.29 is 14.0 Å². The Labute approximate surface area is 184 Å². The molecular formula is C22H19Cl2FN3O2. The molecule has 0 aliphatic carbocycles. The molecule has 2 amide bonds. The molecule has 0 saturated carbocycles. The SMILES string of the molecule is Cl.O=C1[N]C(CC2CC(c3ccc(Cl)cc3)=CCN2)=C(C(=O)c2ccc(F)cc2)N1. The van der Waals surface area contributed by atoms with Crippen molar-refractivity contribution in [2.75, 3.05) is 6.54 Å². The number of carbonyl (C=O) groups excluding carboxylic acids is 2. The summed E-state index contributed by atoms with van der Waals surface area (Å²) in [5, 5.41) is 10.6. The Morgan fingerprint density at radius 3 is 2.53 bits per heavy atom. The van der Waals surface area contributed by atoms with Crippen LogP contribution in [-0.2, 0) is 0 Å². The van der Waals surface area contributed by atoms with Crippen LogP contribution >= 0.6 is 24.0 Å². The van der Waals surface area contributed by atoms with Crippen LogP contribution in [0.2, 0.25) is 5.02 Å². The molecule has 1 radical (unpaired) electrons. The van der Waals surface area contributed by atoms with Gasteiger partial charge in [-0.05, 0) is 54.0 Å². The smallest absolute Gasteiger partial charge is 0.310 e. The fraction of sp³-hybridized carbons (Fsp3) is 0.182. The molecule has 2 heterocycles. The van der Waals surface area contributed by atoms with Gasteiger partial charge in [0.1, 0.15) is 11.5 Å². The number of rotatable bonds is 5. The first-order chi connectivity index (χ1) is 14.0. The first kappa shape index (κ1) is 22.0. The molecule has 155 valence electrons. The molecule has 2 aliphatic rings. The number of nitrogens with zero attached hydrogens (tertiary/aromatic N) is 1. The second kappa shape index (κ2) is 9.43. The molecule has 1 atom stereocenters. The lowest BCUT2D eigenvalue weighted by Gasteiger charge is -2.25. The predicted molar refractivity (Wildman–Crippen MR) is 116 cm³/mol. The number of urea groups is 1. The minimum atomic E-state index is -0.560. The van der Waals surface area contributed by atoms with E-state index in [1.54, 1.807) is 0 Å². The fourth-order valence-electron chi connectivity index (χ4n) is 3.51. The second-order valence-corrected chi connectivity index (χ2v) is 7.39. The lowest BCUT2D eigenvalue weighted by Crippen LogP contribution is -2.34. The van der Waals surface area contributed by atoms with Gasteiger partial charge in [0.2, 0.25) is 5.78 Å². The van der Waals surface area contributed by atoms with Gasteiger partial charge in [-0.15, -0.1) is 12.4 Å². The zero-order valence-electron chi connectivity index (χ0n) is 15.8. The van der Waals surface area contributed by atoms with Crippen molar-refractivity contribution in [3.8, 4) is 0 Å². The highest BCUT2D eigenvalue weighted by atomic mass is 35.5. The summed E-state index contributed by atoms with van der Waals surface area (Å²) in [4.78, 5) is 24.6. The van der Waals surface area contributed by atoms with Crippen molar-refractivity contribution in [3.05, 3.63) is 88.0 Å². The van der Waals surface area contributed by atoms with E-state index in [1.807, 2.05) is 24.3 Å². The molecule has 1 unspecified atom stereocenters. The molecule has 0 saturated heterocycles. The number of hydrogen-bond acceptors (Lipinski definition) is 3. The molecule has 2 N–H and O–H groups in total. The van der Waals surface area contributed by atoms with Crippen LogP contribution in [0.25, 0.3) is 5.57 Å². The van der Waals surface area contributed by atoms with Crippen LogP contribution in [0.5, 0.6) is 0 Å². The van der Waals surface area contributed by atoms with E-state index < -0.39 is 11.8 Å². The number of allylic oxidation sites excluding steroid dienone is 1. The van der Waals surface area contributed by atoms with Gasteiger partial charge >= 0.3 is 6.03 Å². The summed E-state index contributed by atoms with van der Waals surface area (Å²) in [6.07, 6.45) is 3.27. The van der Waals surface area contributed by atoms with E-state index in [-0.39, 0.29) is 29.9 Å². The summed E-state index contributed by atoms with van der Waals surface area (Å²) in [5.41, 5.74) is 3.14. The maximum absolute atomic E-state index is 13.1. The number of Topliss-reactive ketones (excluding diaryl/α,β-unsaturated/α-hetero) is 1. The quantitative estimate of drug-likeness (QED) is 0.665. The van der Waals surface area contributed by atoms with Crippen molar-refractivity contribution in [2.45, 2.75) is 18.9 Å². The summed E-state index contributed by atoms with van der Waals surface area (Å²) in [5.74, 6) is -0.803. The second-order valence-electron chi connectivity index (χ2n) is 6.95. The average molecular weight is 447 g/mol. The zero-order valence-corrected chi connectivity index (χ0v) is 17.4. The summed E-state index contributed by atoms with van der Waals surface area (Å²) in [6, 6.07) is 12.3. The molecule has 2 aromatic carbocycles. The Kier molecular flexibility index (Phi) is 6.92. The third-order valence-corrected chi connectivity index (χ3v) is 5.22. The number of hydrogen-bond donors (Lipinski definition) is 2. The molecule has 5 nitrogen and oxygen atoms in total. The Morgan fingerprint density at radius 2 is 1.83 bits per heavy atom. The van der Waals surface area contributed by atoms with Gasteiger partial charge in [-0.1, -0.05) is 29.8 Å². The summed E-state index contributed by atoms with van der Waals surface area (Å²) in [6.45, 7) is 0.679. The van der Waals surface area contributed by atoms with Crippen LogP contribution in [0.15, 0.2) is 66.0 Å². The number of amides is 2. The number of nitrogens with one attached hydrogen (secondary N) is 2. The molecular weight excluding hydrogens is 428 g/mol. The van der Waals surface area contributed by atoms with Gasteiger partial charge in [0.15, 0.2) is 0 Å². The highest BCUT2D eigenvalue weighted by molar-refractivity contribution is 6.30. The van der Waals surface area contributed by atoms with E-state index in [1.165, 1.54) is 29.8 Å². The molecule has 8 heteroatoms. The van der Waals surface area contributed by atoms with Gasteiger partial charge in [0.25, 0.3) is 0 Å². The topological polar surface area (TPSA) is 72.3 Å².